The minimum atomic E-state index is -3.39. The summed E-state index contributed by atoms with van der Waals surface area (Å²) in [5.41, 5.74) is 1.09. The third kappa shape index (κ3) is 3.48. The number of anilines is 1. The van der Waals surface area contributed by atoms with E-state index in [0.29, 0.717) is 10.9 Å². The highest BCUT2D eigenvalue weighted by Gasteiger charge is 2.32. The molecule has 2 rings (SSSR count). The summed E-state index contributed by atoms with van der Waals surface area (Å²) < 4.78 is 26.0. The van der Waals surface area contributed by atoms with Crippen molar-refractivity contribution in [3.05, 3.63) is 24.3 Å². The smallest absolute Gasteiger partial charge is 0.240 e. The zero-order valence-electron chi connectivity index (χ0n) is 12.1. The molecule has 1 aliphatic heterocycles. The van der Waals surface area contributed by atoms with Crippen LogP contribution in [0.1, 0.15) is 20.3 Å². The van der Waals surface area contributed by atoms with Gasteiger partial charge in [-0.05, 0) is 42.8 Å². The maximum absolute atomic E-state index is 11.8. The van der Waals surface area contributed by atoms with E-state index in [0.717, 1.165) is 11.4 Å². The van der Waals surface area contributed by atoms with Crippen molar-refractivity contribution >= 4 is 27.5 Å². The SMILES string of the molecule is CNS(=O)(=O)c1cccc(NC2CSCCC2(C)C)c1. The van der Waals surface area contributed by atoms with E-state index in [1.165, 1.54) is 19.2 Å². The van der Waals surface area contributed by atoms with Crippen LogP contribution in [0.2, 0.25) is 0 Å². The van der Waals surface area contributed by atoms with Crippen molar-refractivity contribution in [2.24, 2.45) is 5.41 Å². The van der Waals surface area contributed by atoms with Gasteiger partial charge in [-0.15, -0.1) is 0 Å². The van der Waals surface area contributed by atoms with Crippen LogP contribution in [-0.4, -0.2) is 33.0 Å². The first-order chi connectivity index (χ1) is 9.35. The van der Waals surface area contributed by atoms with Gasteiger partial charge in [-0.3, -0.25) is 0 Å². The molecule has 4 nitrogen and oxygen atoms in total. The van der Waals surface area contributed by atoms with Crippen molar-refractivity contribution in [3.8, 4) is 0 Å². The maximum atomic E-state index is 11.8. The Morgan fingerprint density at radius 2 is 2.10 bits per heavy atom. The minimum Gasteiger partial charge on any atom is -0.381 e. The summed E-state index contributed by atoms with van der Waals surface area (Å²) in [5, 5.41) is 3.49. The van der Waals surface area contributed by atoms with Gasteiger partial charge in [0.25, 0.3) is 0 Å². The lowest BCUT2D eigenvalue weighted by Gasteiger charge is -2.39. The molecule has 0 saturated carbocycles. The average molecular weight is 314 g/mol. The number of thioether (sulfide) groups is 1. The minimum absolute atomic E-state index is 0.225. The Balaban J connectivity index is 2.20. The van der Waals surface area contributed by atoms with Crippen LogP contribution in [-0.2, 0) is 10.0 Å². The second kappa shape index (κ2) is 5.95. The van der Waals surface area contributed by atoms with E-state index in [1.54, 1.807) is 18.2 Å². The molecule has 0 aromatic heterocycles. The molecule has 20 heavy (non-hydrogen) atoms. The highest BCUT2D eigenvalue weighted by molar-refractivity contribution is 7.99. The van der Waals surface area contributed by atoms with Crippen molar-refractivity contribution in [1.29, 1.82) is 0 Å². The molecule has 1 fully saturated rings. The molecule has 0 bridgehead atoms. The summed E-state index contributed by atoms with van der Waals surface area (Å²) in [4.78, 5) is 0.297. The predicted molar refractivity (Wildman–Crippen MR) is 85.8 cm³/mol. The van der Waals surface area contributed by atoms with Gasteiger partial charge < -0.3 is 5.32 Å². The molecule has 0 radical (unpaired) electrons. The van der Waals surface area contributed by atoms with Crippen LogP contribution >= 0.6 is 11.8 Å². The average Bonchev–Trinajstić information content (AvgIpc) is 2.41. The Bertz CT molecular complexity index is 570. The molecular formula is C14H22N2O2S2. The van der Waals surface area contributed by atoms with E-state index < -0.39 is 10.0 Å². The molecule has 1 saturated heterocycles. The van der Waals surface area contributed by atoms with E-state index in [9.17, 15) is 8.42 Å². The van der Waals surface area contributed by atoms with E-state index in [4.69, 9.17) is 0 Å². The first-order valence-electron chi connectivity index (χ1n) is 6.73. The van der Waals surface area contributed by atoms with Gasteiger partial charge in [-0.2, -0.15) is 11.8 Å². The third-order valence-electron chi connectivity index (χ3n) is 3.87. The fraction of sp³-hybridized carbons (Fsp3) is 0.571. The molecule has 0 amide bonds. The summed E-state index contributed by atoms with van der Waals surface area (Å²) in [5.74, 6) is 2.25. The second-order valence-corrected chi connectivity index (χ2v) is 8.78. The standard InChI is InChI=1S/C14H22N2O2S2/c1-14(2)7-8-19-10-13(14)16-11-5-4-6-12(9-11)20(17,18)15-3/h4-6,9,13,15-16H,7-8,10H2,1-3H3. The molecule has 1 heterocycles. The van der Waals surface area contributed by atoms with Crippen molar-refractivity contribution in [1.82, 2.24) is 4.72 Å². The molecule has 112 valence electrons. The lowest BCUT2D eigenvalue weighted by molar-refractivity contribution is 0.305. The Morgan fingerprint density at radius 3 is 2.75 bits per heavy atom. The summed E-state index contributed by atoms with van der Waals surface area (Å²) in [6.07, 6.45) is 1.17. The summed E-state index contributed by atoms with van der Waals surface area (Å²) in [6.45, 7) is 4.52. The Labute approximate surface area is 125 Å². The van der Waals surface area contributed by atoms with Crippen LogP contribution in [0, 0.1) is 5.41 Å². The van der Waals surface area contributed by atoms with Crippen LogP contribution in [0.5, 0.6) is 0 Å². The van der Waals surface area contributed by atoms with Crippen LogP contribution in [0.15, 0.2) is 29.2 Å². The molecule has 1 aliphatic rings. The lowest BCUT2D eigenvalue weighted by atomic mass is 9.82. The van der Waals surface area contributed by atoms with Crippen LogP contribution < -0.4 is 10.0 Å². The summed E-state index contributed by atoms with van der Waals surface area (Å²) >= 11 is 1.95. The fourth-order valence-corrected chi connectivity index (χ4v) is 4.63. The van der Waals surface area contributed by atoms with Crippen molar-refractivity contribution in [2.45, 2.75) is 31.2 Å². The summed E-state index contributed by atoms with van der Waals surface area (Å²) in [6, 6.07) is 7.35. The largest absolute Gasteiger partial charge is 0.381 e. The van der Waals surface area contributed by atoms with Gasteiger partial charge in [0.15, 0.2) is 0 Å². The quantitative estimate of drug-likeness (QED) is 0.897. The number of sulfonamides is 1. The lowest BCUT2D eigenvalue weighted by Crippen LogP contribution is -2.41. The van der Waals surface area contributed by atoms with Gasteiger partial charge >= 0.3 is 0 Å². The number of benzene rings is 1. The predicted octanol–water partition coefficient (Wildman–Crippen LogP) is 2.54. The normalized spacial score (nSPS) is 22.4. The molecule has 2 N–H and O–H groups in total. The van der Waals surface area contributed by atoms with Gasteiger partial charge in [0.2, 0.25) is 10.0 Å². The van der Waals surface area contributed by atoms with E-state index in [2.05, 4.69) is 23.9 Å². The Morgan fingerprint density at radius 1 is 1.35 bits per heavy atom. The van der Waals surface area contributed by atoms with Gasteiger partial charge in [0.05, 0.1) is 4.90 Å². The molecule has 1 aromatic rings. The van der Waals surface area contributed by atoms with Crippen molar-refractivity contribution < 1.29 is 8.42 Å². The first kappa shape index (κ1) is 15.7. The number of hydrogen-bond donors (Lipinski definition) is 2. The number of rotatable bonds is 4. The highest BCUT2D eigenvalue weighted by atomic mass is 32.2. The molecule has 6 heteroatoms. The number of hydrogen-bond acceptors (Lipinski definition) is 4. The molecule has 1 atom stereocenters. The van der Waals surface area contributed by atoms with E-state index in [-0.39, 0.29) is 5.41 Å². The second-order valence-electron chi connectivity index (χ2n) is 5.75. The number of nitrogens with one attached hydrogen (secondary N) is 2. The molecule has 0 spiro atoms. The van der Waals surface area contributed by atoms with Crippen LogP contribution in [0.3, 0.4) is 0 Å². The monoisotopic (exact) mass is 314 g/mol. The van der Waals surface area contributed by atoms with E-state index in [1.807, 2.05) is 17.8 Å². The third-order valence-corrected chi connectivity index (χ3v) is 6.35. The molecule has 1 aromatic carbocycles. The van der Waals surface area contributed by atoms with Gasteiger partial charge in [0, 0.05) is 17.5 Å². The van der Waals surface area contributed by atoms with Crippen LogP contribution in [0.4, 0.5) is 5.69 Å². The summed E-state index contributed by atoms with van der Waals surface area (Å²) in [7, 11) is -1.96. The van der Waals surface area contributed by atoms with Gasteiger partial charge in [-0.1, -0.05) is 19.9 Å². The zero-order chi connectivity index (χ0) is 14.8. The topological polar surface area (TPSA) is 58.2 Å². The molecule has 0 aliphatic carbocycles. The zero-order valence-corrected chi connectivity index (χ0v) is 13.8. The Hall–Kier alpha value is -0.720. The highest BCUT2D eigenvalue weighted by Crippen LogP contribution is 2.36. The fourth-order valence-electron chi connectivity index (χ4n) is 2.25. The van der Waals surface area contributed by atoms with Crippen molar-refractivity contribution in [2.75, 3.05) is 23.9 Å². The van der Waals surface area contributed by atoms with Gasteiger partial charge in [0.1, 0.15) is 0 Å². The maximum Gasteiger partial charge on any atom is 0.240 e. The Kier molecular flexibility index (Phi) is 4.66. The van der Waals surface area contributed by atoms with Crippen molar-refractivity contribution in [3.63, 3.8) is 0 Å². The molecular weight excluding hydrogens is 292 g/mol. The molecule has 1 unspecified atom stereocenters. The van der Waals surface area contributed by atoms with E-state index >= 15 is 0 Å². The first-order valence-corrected chi connectivity index (χ1v) is 9.37. The van der Waals surface area contributed by atoms with Gasteiger partial charge in [-0.25, -0.2) is 13.1 Å². The van der Waals surface area contributed by atoms with Crippen LogP contribution in [0.25, 0.3) is 0 Å².